The Balaban J connectivity index is 1.66. The molecular weight excluding hydrogens is 358 g/mol. The van der Waals surface area contributed by atoms with Crippen LogP contribution < -0.4 is 0 Å². The molecule has 0 aliphatic rings. The highest BCUT2D eigenvalue weighted by molar-refractivity contribution is 4.99. The Morgan fingerprint density at radius 3 is 1.70 bits per heavy atom. The van der Waals surface area contributed by atoms with Crippen molar-refractivity contribution in [1.29, 1.82) is 0 Å². The van der Waals surface area contributed by atoms with Crippen molar-refractivity contribution in [3.8, 4) is 0 Å². The fourth-order valence-electron chi connectivity index (χ4n) is 1.80. The summed E-state index contributed by atoms with van der Waals surface area (Å²) in [7, 11) is 0. The third kappa shape index (κ3) is 16.2. The zero-order valence-corrected chi connectivity index (χ0v) is 15.6. The second kappa shape index (κ2) is 19.1. The molecule has 0 radical (unpaired) electrons. The molecule has 1 rings (SSSR count). The van der Waals surface area contributed by atoms with Crippen LogP contribution in [0.1, 0.15) is 5.56 Å². The molecule has 0 amide bonds. The smallest absolute Gasteiger partial charge is 0.0748 e. The Kier molecular flexibility index (Phi) is 16.5. The number of hydrogen-bond acceptors (Lipinski definition) is 8. The minimum atomic E-state index is 0.338. The molecule has 0 aliphatic heterocycles. The average molecular weight is 387 g/mol. The molecule has 0 aliphatic carbocycles. The number of aromatic amines is 1. The molecule has 0 saturated heterocycles. The van der Waals surface area contributed by atoms with Crippen LogP contribution in [0.15, 0.2) is 17.5 Å². The van der Waals surface area contributed by atoms with E-state index in [-0.39, 0.29) is 0 Å². The van der Waals surface area contributed by atoms with Crippen LogP contribution in [0, 0.1) is 0 Å². The monoisotopic (exact) mass is 387 g/mol. The number of aromatic nitrogens is 2. The van der Waals surface area contributed by atoms with Gasteiger partial charge in [-0.3, -0.25) is 5.10 Å². The number of nitrogens with one attached hydrogen (secondary N) is 1. The maximum absolute atomic E-state index is 8.08. The topological polar surface area (TPSA) is 133 Å². The first-order valence-electron chi connectivity index (χ1n) is 8.88. The molecule has 11 heteroatoms. The molecule has 0 bridgehead atoms. The predicted molar refractivity (Wildman–Crippen MR) is 96.4 cm³/mol. The van der Waals surface area contributed by atoms with Gasteiger partial charge in [-0.2, -0.15) is 5.10 Å². The number of H-pyrrole nitrogens is 1. The highest BCUT2D eigenvalue weighted by atomic mass is 16.6. The lowest BCUT2D eigenvalue weighted by Crippen LogP contribution is -2.14. The molecule has 0 saturated carbocycles. The highest BCUT2D eigenvalue weighted by Crippen LogP contribution is 1.95. The maximum Gasteiger partial charge on any atom is 0.0748 e. The van der Waals surface area contributed by atoms with Crippen molar-refractivity contribution in [2.45, 2.75) is 6.61 Å². The first kappa shape index (κ1) is 23.3. The lowest BCUT2D eigenvalue weighted by molar-refractivity contribution is -0.0173. The van der Waals surface area contributed by atoms with Gasteiger partial charge >= 0.3 is 0 Å². The van der Waals surface area contributed by atoms with Gasteiger partial charge in [0.1, 0.15) is 0 Å². The van der Waals surface area contributed by atoms with Gasteiger partial charge in [0, 0.05) is 23.2 Å². The van der Waals surface area contributed by atoms with Crippen LogP contribution in [0.5, 0.6) is 0 Å². The van der Waals surface area contributed by atoms with Gasteiger partial charge in [-0.1, -0.05) is 5.11 Å². The van der Waals surface area contributed by atoms with Crippen molar-refractivity contribution < 1.29 is 28.4 Å². The fraction of sp³-hybridized carbons (Fsp3) is 0.812. The molecule has 1 aromatic heterocycles. The van der Waals surface area contributed by atoms with Crippen molar-refractivity contribution in [2.75, 3.05) is 79.2 Å². The number of azide groups is 1. The summed E-state index contributed by atoms with van der Waals surface area (Å²) in [4.78, 5) is 2.63. The lowest BCUT2D eigenvalue weighted by atomic mass is 10.4. The van der Waals surface area contributed by atoms with Crippen LogP contribution in [0.2, 0.25) is 0 Å². The average Bonchev–Trinajstić information content (AvgIpc) is 3.20. The van der Waals surface area contributed by atoms with Gasteiger partial charge in [-0.05, 0) is 5.53 Å². The van der Waals surface area contributed by atoms with Crippen molar-refractivity contribution >= 4 is 0 Å². The van der Waals surface area contributed by atoms with Crippen molar-refractivity contribution in [3.05, 3.63) is 28.4 Å². The standard InChI is InChI=1S/C16H29N5O6/c17-21-18-1-2-22-3-4-23-5-6-24-7-8-25-9-10-26-11-12-27-15-16-13-19-20-14-16/h13-14H,1-12,15H2,(H,19,20). The van der Waals surface area contributed by atoms with E-state index >= 15 is 0 Å². The first-order chi connectivity index (χ1) is 13.4. The third-order valence-electron chi connectivity index (χ3n) is 3.08. The van der Waals surface area contributed by atoms with E-state index in [2.05, 4.69) is 20.2 Å². The van der Waals surface area contributed by atoms with Gasteiger partial charge in [0.2, 0.25) is 0 Å². The number of ether oxygens (including phenoxy) is 6. The molecule has 11 nitrogen and oxygen atoms in total. The Morgan fingerprint density at radius 1 is 0.778 bits per heavy atom. The maximum atomic E-state index is 8.08. The van der Waals surface area contributed by atoms with Gasteiger partial charge in [0.25, 0.3) is 0 Å². The van der Waals surface area contributed by atoms with E-state index in [1.54, 1.807) is 12.4 Å². The number of nitrogens with zero attached hydrogens (tertiary/aromatic N) is 4. The number of rotatable bonds is 20. The molecule has 0 unspecified atom stereocenters. The summed E-state index contributed by atoms with van der Waals surface area (Å²) in [6.45, 7) is 6.38. The zero-order chi connectivity index (χ0) is 19.3. The first-order valence-corrected chi connectivity index (χ1v) is 8.88. The van der Waals surface area contributed by atoms with Crippen LogP contribution in [0.25, 0.3) is 10.4 Å². The summed E-state index contributed by atoms with van der Waals surface area (Å²) in [5.41, 5.74) is 9.09. The minimum Gasteiger partial charge on any atom is -0.379 e. The van der Waals surface area contributed by atoms with Gasteiger partial charge < -0.3 is 28.4 Å². The van der Waals surface area contributed by atoms with E-state index in [9.17, 15) is 0 Å². The van der Waals surface area contributed by atoms with Crippen molar-refractivity contribution in [1.82, 2.24) is 10.2 Å². The van der Waals surface area contributed by atoms with Crippen molar-refractivity contribution in [3.63, 3.8) is 0 Å². The summed E-state index contributed by atoms with van der Waals surface area (Å²) in [6.07, 6.45) is 3.53. The van der Waals surface area contributed by atoms with E-state index < -0.39 is 0 Å². The molecule has 1 aromatic rings. The predicted octanol–water partition coefficient (Wildman–Crippen LogP) is 1.32. The molecule has 1 heterocycles. The second-order valence-corrected chi connectivity index (χ2v) is 5.18. The van der Waals surface area contributed by atoms with Crippen LogP contribution >= 0.6 is 0 Å². The highest BCUT2D eigenvalue weighted by Gasteiger charge is 1.95. The van der Waals surface area contributed by atoms with Crippen LogP contribution in [-0.4, -0.2) is 89.4 Å². The molecule has 154 valence electrons. The van der Waals surface area contributed by atoms with Crippen LogP contribution in [-0.2, 0) is 35.0 Å². The van der Waals surface area contributed by atoms with Gasteiger partial charge in [-0.15, -0.1) is 0 Å². The summed E-state index contributed by atoms with van der Waals surface area (Å²) in [5.74, 6) is 0. The molecule has 1 N–H and O–H groups in total. The molecule has 0 spiro atoms. The fourth-order valence-corrected chi connectivity index (χ4v) is 1.80. The molecule has 0 fully saturated rings. The number of hydrogen-bond donors (Lipinski definition) is 1. The molecular formula is C16H29N5O6. The Bertz CT molecular complexity index is 470. The normalized spacial score (nSPS) is 10.8. The molecule has 0 atom stereocenters. The largest absolute Gasteiger partial charge is 0.379 e. The zero-order valence-electron chi connectivity index (χ0n) is 15.6. The quantitative estimate of drug-likeness (QED) is 0.154. The summed E-state index contributed by atoms with van der Waals surface area (Å²) >= 11 is 0. The van der Waals surface area contributed by atoms with Gasteiger partial charge in [0.05, 0.1) is 85.5 Å². The Hall–Kier alpha value is -1.72. The van der Waals surface area contributed by atoms with Crippen LogP contribution in [0.4, 0.5) is 0 Å². The molecule has 27 heavy (non-hydrogen) atoms. The third-order valence-corrected chi connectivity index (χ3v) is 3.08. The lowest BCUT2D eigenvalue weighted by Gasteiger charge is -2.08. The van der Waals surface area contributed by atoms with E-state index in [0.29, 0.717) is 85.8 Å². The van der Waals surface area contributed by atoms with Crippen molar-refractivity contribution in [2.24, 2.45) is 5.11 Å². The van der Waals surface area contributed by atoms with Crippen LogP contribution in [0.3, 0.4) is 0 Å². The van der Waals surface area contributed by atoms with E-state index in [4.69, 9.17) is 34.0 Å². The van der Waals surface area contributed by atoms with E-state index in [1.165, 1.54) is 0 Å². The van der Waals surface area contributed by atoms with E-state index in [1.807, 2.05) is 0 Å². The summed E-state index contributed by atoms with van der Waals surface area (Å²) in [6, 6.07) is 0. The second-order valence-electron chi connectivity index (χ2n) is 5.18. The molecule has 0 aromatic carbocycles. The van der Waals surface area contributed by atoms with Gasteiger partial charge in [0.15, 0.2) is 0 Å². The Labute approximate surface area is 158 Å². The Morgan fingerprint density at radius 2 is 1.26 bits per heavy atom. The minimum absolute atomic E-state index is 0.338. The van der Waals surface area contributed by atoms with E-state index in [0.717, 1.165) is 5.56 Å². The summed E-state index contributed by atoms with van der Waals surface area (Å²) in [5, 5.41) is 9.93. The SMILES string of the molecule is [N-]=[N+]=NCCOCCOCCOCCOCCOCCOCc1cn[nH]c1. The van der Waals surface area contributed by atoms with Gasteiger partial charge in [-0.25, -0.2) is 0 Å². The summed E-state index contributed by atoms with van der Waals surface area (Å²) < 4.78 is 32.1.